The molecule has 94 valence electrons. The van der Waals surface area contributed by atoms with Gasteiger partial charge in [0, 0.05) is 12.2 Å². The number of anilines is 1. The minimum atomic E-state index is -2.74. The molecule has 1 rings (SSSR count). The van der Waals surface area contributed by atoms with E-state index >= 15 is 0 Å². The number of hydrogen-bond acceptors (Lipinski definition) is 5. The van der Waals surface area contributed by atoms with Crippen LogP contribution in [0.2, 0.25) is 0 Å². The lowest BCUT2D eigenvalue weighted by Gasteiger charge is -2.11. The van der Waals surface area contributed by atoms with E-state index in [4.69, 9.17) is 11.5 Å². The number of alkyl halides is 2. The number of methoxy groups -OCH3 is 1. The number of nitrogen functional groups attached to an aromatic ring is 1. The van der Waals surface area contributed by atoms with Crippen LogP contribution in [0.3, 0.4) is 0 Å². The SMILES string of the molecule is COC(=O)Cc1cc(N)c(C(F)F)c(CN)n1. The molecule has 0 aliphatic carbocycles. The number of halogens is 2. The fraction of sp³-hybridized carbons (Fsp3) is 0.400. The van der Waals surface area contributed by atoms with Crippen LogP contribution in [-0.4, -0.2) is 18.1 Å². The molecule has 0 aliphatic rings. The molecule has 5 nitrogen and oxygen atoms in total. The number of nitrogens with zero attached hydrogens (tertiary/aromatic N) is 1. The van der Waals surface area contributed by atoms with Crippen LogP contribution in [0, 0.1) is 0 Å². The molecule has 0 saturated heterocycles. The summed E-state index contributed by atoms with van der Waals surface area (Å²) in [7, 11) is 1.23. The van der Waals surface area contributed by atoms with Gasteiger partial charge >= 0.3 is 5.97 Å². The summed E-state index contributed by atoms with van der Waals surface area (Å²) in [6.07, 6.45) is -2.87. The summed E-state index contributed by atoms with van der Waals surface area (Å²) in [5, 5.41) is 0. The Bertz CT molecular complexity index is 424. The predicted octanol–water partition coefficient (Wildman–Crippen LogP) is 0.776. The van der Waals surface area contributed by atoms with Gasteiger partial charge in [-0.2, -0.15) is 0 Å². The van der Waals surface area contributed by atoms with Crippen molar-refractivity contribution in [2.75, 3.05) is 12.8 Å². The number of hydrogen-bond donors (Lipinski definition) is 2. The molecule has 1 aromatic heterocycles. The van der Waals surface area contributed by atoms with E-state index in [9.17, 15) is 13.6 Å². The summed E-state index contributed by atoms with van der Waals surface area (Å²) in [4.78, 5) is 14.9. The number of nitrogens with two attached hydrogens (primary N) is 2. The van der Waals surface area contributed by atoms with Crippen LogP contribution < -0.4 is 11.5 Å². The van der Waals surface area contributed by atoms with E-state index in [0.717, 1.165) is 0 Å². The molecule has 0 amide bonds. The Morgan fingerprint density at radius 1 is 1.59 bits per heavy atom. The zero-order chi connectivity index (χ0) is 13.0. The van der Waals surface area contributed by atoms with Gasteiger partial charge in [0.25, 0.3) is 6.43 Å². The van der Waals surface area contributed by atoms with E-state index in [0.29, 0.717) is 0 Å². The normalized spacial score (nSPS) is 10.6. The van der Waals surface area contributed by atoms with Crippen molar-refractivity contribution in [3.8, 4) is 0 Å². The molecule has 0 spiro atoms. The topological polar surface area (TPSA) is 91.2 Å². The minimum absolute atomic E-state index is 0.00102. The summed E-state index contributed by atoms with van der Waals surface area (Å²) >= 11 is 0. The number of ether oxygens (including phenoxy) is 1. The van der Waals surface area contributed by atoms with E-state index < -0.39 is 12.4 Å². The molecule has 4 N–H and O–H groups in total. The maximum Gasteiger partial charge on any atom is 0.311 e. The second-order valence-corrected chi connectivity index (χ2v) is 3.32. The zero-order valence-electron chi connectivity index (χ0n) is 9.24. The maximum atomic E-state index is 12.7. The van der Waals surface area contributed by atoms with Gasteiger partial charge in [0.15, 0.2) is 0 Å². The molecule has 1 heterocycles. The molecule has 1 aromatic rings. The molecular weight excluding hydrogens is 232 g/mol. The number of esters is 1. The second-order valence-electron chi connectivity index (χ2n) is 3.32. The van der Waals surface area contributed by atoms with Gasteiger partial charge in [-0.05, 0) is 6.07 Å². The quantitative estimate of drug-likeness (QED) is 0.765. The van der Waals surface area contributed by atoms with Gasteiger partial charge in [0.05, 0.1) is 30.5 Å². The van der Waals surface area contributed by atoms with Gasteiger partial charge in [-0.15, -0.1) is 0 Å². The fourth-order valence-electron chi connectivity index (χ4n) is 1.41. The standard InChI is InChI=1S/C10H13F2N3O2/c1-17-8(16)3-5-2-6(14)9(10(11)12)7(4-13)15-5/h2,10H,3-4,13H2,1H3,(H2,14,15). The molecule has 0 aliphatic heterocycles. The van der Waals surface area contributed by atoms with E-state index in [1.165, 1.54) is 13.2 Å². The molecule has 17 heavy (non-hydrogen) atoms. The van der Waals surface area contributed by atoms with Crippen LogP contribution in [-0.2, 0) is 22.5 Å². The number of pyridine rings is 1. The molecule has 0 unspecified atom stereocenters. The van der Waals surface area contributed by atoms with Crippen LogP contribution in [0.15, 0.2) is 6.07 Å². The van der Waals surface area contributed by atoms with Gasteiger partial charge in [-0.3, -0.25) is 9.78 Å². The highest BCUT2D eigenvalue weighted by molar-refractivity contribution is 5.72. The van der Waals surface area contributed by atoms with E-state index in [1.807, 2.05) is 0 Å². The van der Waals surface area contributed by atoms with Gasteiger partial charge in [-0.1, -0.05) is 0 Å². The van der Waals surface area contributed by atoms with E-state index in [-0.39, 0.29) is 35.6 Å². The molecule has 0 aromatic carbocycles. The number of carbonyl (C=O) groups excluding carboxylic acids is 1. The van der Waals surface area contributed by atoms with Crippen molar-refractivity contribution in [1.82, 2.24) is 4.98 Å². The van der Waals surface area contributed by atoms with Crippen molar-refractivity contribution in [3.05, 3.63) is 23.0 Å². The first kappa shape index (κ1) is 13.3. The molecule has 0 atom stereocenters. The average molecular weight is 245 g/mol. The van der Waals surface area contributed by atoms with Crippen LogP contribution in [0.5, 0.6) is 0 Å². The first-order valence-electron chi connectivity index (χ1n) is 4.82. The Morgan fingerprint density at radius 2 is 2.24 bits per heavy atom. The third-order valence-corrected chi connectivity index (χ3v) is 2.19. The average Bonchev–Trinajstić information content (AvgIpc) is 2.27. The third kappa shape index (κ3) is 3.10. The molecule has 0 bridgehead atoms. The summed E-state index contributed by atoms with van der Waals surface area (Å²) in [6.45, 7) is -0.168. The first-order valence-corrected chi connectivity index (χ1v) is 4.82. The van der Waals surface area contributed by atoms with Crippen LogP contribution >= 0.6 is 0 Å². The maximum absolute atomic E-state index is 12.7. The Balaban J connectivity index is 3.13. The monoisotopic (exact) mass is 245 g/mol. The Morgan fingerprint density at radius 3 is 2.71 bits per heavy atom. The molecule has 0 radical (unpaired) electrons. The highest BCUT2D eigenvalue weighted by atomic mass is 19.3. The lowest BCUT2D eigenvalue weighted by Crippen LogP contribution is -2.13. The van der Waals surface area contributed by atoms with Gasteiger partial charge in [0.2, 0.25) is 0 Å². The highest BCUT2D eigenvalue weighted by Crippen LogP contribution is 2.28. The summed E-state index contributed by atoms with van der Waals surface area (Å²) in [5.74, 6) is -0.523. The largest absolute Gasteiger partial charge is 0.469 e. The minimum Gasteiger partial charge on any atom is -0.469 e. The second kappa shape index (κ2) is 5.53. The van der Waals surface area contributed by atoms with Crippen molar-refractivity contribution in [2.45, 2.75) is 19.4 Å². The highest BCUT2D eigenvalue weighted by Gasteiger charge is 2.19. The van der Waals surface area contributed by atoms with Crippen LogP contribution in [0.1, 0.15) is 23.4 Å². The third-order valence-electron chi connectivity index (χ3n) is 2.19. The Labute approximate surface area is 96.8 Å². The lowest BCUT2D eigenvalue weighted by atomic mass is 10.1. The van der Waals surface area contributed by atoms with Crippen LogP contribution in [0.4, 0.5) is 14.5 Å². The molecule has 0 fully saturated rings. The van der Waals surface area contributed by atoms with Crippen molar-refractivity contribution in [1.29, 1.82) is 0 Å². The summed E-state index contributed by atoms with van der Waals surface area (Å²) < 4.78 is 29.8. The molecule has 0 saturated carbocycles. The van der Waals surface area contributed by atoms with Crippen molar-refractivity contribution >= 4 is 11.7 Å². The van der Waals surface area contributed by atoms with Gasteiger partial charge < -0.3 is 16.2 Å². The summed E-state index contributed by atoms with van der Waals surface area (Å²) in [6, 6.07) is 1.23. The van der Waals surface area contributed by atoms with E-state index in [2.05, 4.69) is 9.72 Å². The fourth-order valence-corrected chi connectivity index (χ4v) is 1.41. The predicted molar refractivity (Wildman–Crippen MR) is 57.2 cm³/mol. The molecular formula is C10H13F2N3O2. The van der Waals surface area contributed by atoms with Crippen molar-refractivity contribution < 1.29 is 18.3 Å². The Kier molecular flexibility index (Phi) is 4.33. The number of aromatic nitrogens is 1. The number of rotatable bonds is 4. The lowest BCUT2D eigenvalue weighted by molar-refractivity contribution is -0.139. The van der Waals surface area contributed by atoms with Crippen LogP contribution in [0.25, 0.3) is 0 Å². The van der Waals surface area contributed by atoms with Crippen molar-refractivity contribution in [3.63, 3.8) is 0 Å². The first-order chi connectivity index (χ1) is 7.99. The zero-order valence-corrected chi connectivity index (χ0v) is 9.24. The molecule has 7 heteroatoms. The van der Waals surface area contributed by atoms with E-state index in [1.54, 1.807) is 0 Å². The number of carbonyl (C=O) groups is 1. The van der Waals surface area contributed by atoms with Gasteiger partial charge in [0.1, 0.15) is 0 Å². The Hall–Kier alpha value is -1.76. The summed E-state index contributed by atoms with van der Waals surface area (Å²) in [5.41, 5.74) is 10.6. The van der Waals surface area contributed by atoms with Crippen molar-refractivity contribution in [2.24, 2.45) is 5.73 Å². The van der Waals surface area contributed by atoms with Gasteiger partial charge in [-0.25, -0.2) is 8.78 Å². The smallest absolute Gasteiger partial charge is 0.311 e.